The summed E-state index contributed by atoms with van der Waals surface area (Å²) >= 11 is 6.22. The summed E-state index contributed by atoms with van der Waals surface area (Å²) in [4.78, 5) is 12.1. The molecule has 0 saturated heterocycles. The topological polar surface area (TPSA) is 75.7 Å². The number of ether oxygens (including phenoxy) is 1. The lowest BCUT2D eigenvalue weighted by atomic mass is 10.2. The predicted octanol–water partition coefficient (Wildman–Crippen LogP) is 4.25. The molecule has 0 aromatic heterocycles. The number of carbonyl (C=O) groups excluding carboxylic acids is 1. The number of rotatable bonds is 6. The molecule has 3 aromatic carbocycles. The van der Waals surface area contributed by atoms with Crippen LogP contribution in [0.25, 0.3) is 0 Å². The van der Waals surface area contributed by atoms with E-state index in [1.54, 1.807) is 18.2 Å². The first-order valence-corrected chi connectivity index (χ1v) is 11.2. The van der Waals surface area contributed by atoms with E-state index in [0.717, 1.165) is 5.56 Å². The summed E-state index contributed by atoms with van der Waals surface area (Å²) < 4.78 is 46.1. The zero-order chi connectivity index (χ0) is 22.0. The number of anilines is 2. The number of hydrogen-bond donors (Lipinski definition) is 1. The fraction of sp³-hybridized carbons (Fsp3) is 0.136. The van der Waals surface area contributed by atoms with Gasteiger partial charge in [0.25, 0.3) is 15.9 Å². The molecule has 31 heavy (non-hydrogen) atoms. The Bertz CT molecular complexity index is 1250. The largest absolute Gasteiger partial charge is 0.482 e. The summed E-state index contributed by atoms with van der Waals surface area (Å²) in [5.74, 6) is -0.817. The molecule has 160 valence electrons. The molecule has 0 atom stereocenters. The molecule has 0 bridgehead atoms. The number of carbonyl (C=O) groups is 1. The van der Waals surface area contributed by atoms with E-state index in [9.17, 15) is 17.6 Å². The zero-order valence-corrected chi connectivity index (χ0v) is 17.8. The highest BCUT2D eigenvalue weighted by molar-refractivity contribution is 7.92. The van der Waals surface area contributed by atoms with Crippen LogP contribution in [-0.4, -0.2) is 27.5 Å². The van der Waals surface area contributed by atoms with Gasteiger partial charge in [-0.1, -0.05) is 35.9 Å². The maximum Gasteiger partial charge on any atom is 0.264 e. The Labute approximate surface area is 184 Å². The van der Waals surface area contributed by atoms with Crippen molar-refractivity contribution in [2.24, 2.45) is 0 Å². The standard InChI is InChI=1S/C22H18ClFN2O4S/c23-19-13-18(31(28,29)26-11-10-15-4-1-2-7-20(15)26)8-9-21(19)30-14-22(27)25-17-6-3-5-16(24)12-17/h1-9,12-13H,10-11,14H2,(H,25,27). The van der Waals surface area contributed by atoms with Crippen LogP contribution in [0.4, 0.5) is 15.8 Å². The van der Waals surface area contributed by atoms with Gasteiger partial charge in [-0.05, 0) is 54.4 Å². The fourth-order valence-electron chi connectivity index (χ4n) is 3.35. The molecule has 1 amide bonds. The van der Waals surface area contributed by atoms with E-state index in [0.29, 0.717) is 24.3 Å². The minimum Gasteiger partial charge on any atom is -0.482 e. The van der Waals surface area contributed by atoms with Crippen molar-refractivity contribution < 1.29 is 22.3 Å². The first kappa shape index (κ1) is 21.1. The quantitative estimate of drug-likeness (QED) is 0.596. The van der Waals surface area contributed by atoms with Crippen molar-refractivity contribution in [2.45, 2.75) is 11.3 Å². The third kappa shape index (κ3) is 4.50. The third-order valence-corrected chi connectivity index (χ3v) is 6.91. The summed E-state index contributed by atoms with van der Waals surface area (Å²) in [5.41, 5.74) is 1.93. The molecule has 0 fully saturated rings. The Morgan fingerprint density at radius 1 is 1.10 bits per heavy atom. The lowest BCUT2D eigenvalue weighted by Gasteiger charge is -2.20. The van der Waals surface area contributed by atoms with Gasteiger partial charge in [-0.25, -0.2) is 12.8 Å². The van der Waals surface area contributed by atoms with E-state index in [1.807, 2.05) is 12.1 Å². The van der Waals surface area contributed by atoms with Crippen LogP contribution in [0.15, 0.2) is 71.6 Å². The van der Waals surface area contributed by atoms with Crippen LogP contribution in [0.2, 0.25) is 5.02 Å². The van der Waals surface area contributed by atoms with Crippen molar-refractivity contribution in [3.05, 3.63) is 83.1 Å². The zero-order valence-electron chi connectivity index (χ0n) is 16.2. The molecule has 1 heterocycles. The Hall–Kier alpha value is -3.10. The lowest BCUT2D eigenvalue weighted by molar-refractivity contribution is -0.118. The summed E-state index contributed by atoms with van der Waals surface area (Å²) in [6.45, 7) is -0.0143. The molecule has 1 aliphatic rings. The Morgan fingerprint density at radius 2 is 1.90 bits per heavy atom. The van der Waals surface area contributed by atoms with Crippen LogP contribution in [0.3, 0.4) is 0 Å². The molecule has 1 N–H and O–H groups in total. The van der Waals surface area contributed by atoms with E-state index in [1.165, 1.54) is 40.7 Å². The molecule has 0 saturated carbocycles. The summed E-state index contributed by atoms with van der Waals surface area (Å²) in [6.07, 6.45) is 0.644. The molecule has 0 radical (unpaired) electrons. The van der Waals surface area contributed by atoms with Gasteiger partial charge in [-0.2, -0.15) is 0 Å². The average molecular weight is 461 g/mol. The third-order valence-electron chi connectivity index (χ3n) is 4.80. The number of nitrogens with zero attached hydrogens (tertiary/aromatic N) is 1. The summed E-state index contributed by atoms with van der Waals surface area (Å²) in [7, 11) is -3.79. The molecule has 1 aliphatic heterocycles. The number of hydrogen-bond acceptors (Lipinski definition) is 4. The fourth-order valence-corrected chi connectivity index (χ4v) is 5.18. The Morgan fingerprint density at radius 3 is 2.68 bits per heavy atom. The minimum atomic E-state index is -3.79. The maximum atomic E-state index is 13.2. The second kappa shape index (κ2) is 8.56. The number of nitrogens with one attached hydrogen (secondary N) is 1. The number of fused-ring (bicyclic) bond motifs is 1. The van der Waals surface area contributed by atoms with Gasteiger partial charge in [-0.15, -0.1) is 0 Å². The number of amides is 1. The molecular weight excluding hydrogens is 443 g/mol. The van der Waals surface area contributed by atoms with Gasteiger partial charge in [0.2, 0.25) is 0 Å². The molecule has 6 nitrogen and oxygen atoms in total. The smallest absolute Gasteiger partial charge is 0.264 e. The van der Waals surface area contributed by atoms with Crippen LogP contribution in [0.1, 0.15) is 5.56 Å². The molecule has 0 unspecified atom stereocenters. The highest BCUT2D eigenvalue weighted by Crippen LogP contribution is 2.35. The van der Waals surface area contributed by atoms with Crippen molar-refractivity contribution >= 4 is 38.9 Å². The van der Waals surface area contributed by atoms with Crippen LogP contribution in [-0.2, 0) is 21.2 Å². The lowest BCUT2D eigenvalue weighted by Crippen LogP contribution is -2.29. The monoisotopic (exact) mass is 460 g/mol. The number of halogens is 2. The van der Waals surface area contributed by atoms with Gasteiger partial charge in [0, 0.05) is 12.2 Å². The van der Waals surface area contributed by atoms with Gasteiger partial charge in [0.1, 0.15) is 11.6 Å². The van der Waals surface area contributed by atoms with Crippen LogP contribution in [0, 0.1) is 5.82 Å². The minimum absolute atomic E-state index is 0.0331. The summed E-state index contributed by atoms with van der Waals surface area (Å²) in [5, 5.41) is 2.57. The number of benzene rings is 3. The first-order chi connectivity index (χ1) is 14.8. The number of sulfonamides is 1. The maximum absolute atomic E-state index is 13.2. The van der Waals surface area contributed by atoms with Crippen molar-refractivity contribution in [2.75, 3.05) is 22.8 Å². The van der Waals surface area contributed by atoms with E-state index < -0.39 is 21.7 Å². The molecule has 0 spiro atoms. The highest BCUT2D eigenvalue weighted by atomic mass is 35.5. The van der Waals surface area contributed by atoms with Gasteiger partial charge in [0.15, 0.2) is 6.61 Å². The SMILES string of the molecule is O=C(COc1ccc(S(=O)(=O)N2CCc3ccccc32)cc1Cl)Nc1cccc(F)c1. The molecular formula is C22H18ClFN2O4S. The van der Waals surface area contributed by atoms with E-state index >= 15 is 0 Å². The first-order valence-electron chi connectivity index (χ1n) is 9.43. The normalized spacial score (nSPS) is 13.0. The molecule has 4 rings (SSSR count). The van der Waals surface area contributed by atoms with Crippen molar-refractivity contribution in [1.82, 2.24) is 0 Å². The Kier molecular flexibility index (Phi) is 5.84. The molecule has 0 aliphatic carbocycles. The van der Waals surface area contributed by atoms with Crippen LogP contribution < -0.4 is 14.4 Å². The van der Waals surface area contributed by atoms with Crippen molar-refractivity contribution in [3.8, 4) is 5.75 Å². The van der Waals surface area contributed by atoms with E-state index in [4.69, 9.17) is 16.3 Å². The van der Waals surface area contributed by atoms with Gasteiger partial charge in [0.05, 0.1) is 15.6 Å². The number of para-hydroxylation sites is 1. The van der Waals surface area contributed by atoms with E-state index in [-0.39, 0.29) is 22.3 Å². The van der Waals surface area contributed by atoms with Crippen LogP contribution >= 0.6 is 11.6 Å². The second-order valence-electron chi connectivity index (χ2n) is 6.90. The van der Waals surface area contributed by atoms with Crippen LogP contribution in [0.5, 0.6) is 5.75 Å². The van der Waals surface area contributed by atoms with Crippen molar-refractivity contribution in [3.63, 3.8) is 0 Å². The van der Waals surface area contributed by atoms with Gasteiger partial charge < -0.3 is 10.1 Å². The van der Waals surface area contributed by atoms with Crippen molar-refractivity contribution in [1.29, 1.82) is 0 Å². The molecule has 9 heteroatoms. The predicted molar refractivity (Wildman–Crippen MR) is 117 cm³/mol. The Balaban J connectivity index is 1.45. The molecule has 3 aromatic rings. The van der Waals surface area contributed by atoms with Gasteiger partial charge in [-0.3, -0.25) is 9.10 Å². The van der Waals surface area contributed by atoms with E-state index in [2.05, 4.69) is 5.32 Å². The van der Waals surface area contributed by atoms with Gasteiger partial charge >= 0.3 is 0 Å². The summed E-state index contributed by atoms with van der Waals surface area (Å²) in [6, 6.07) is 16.9. The average Bonchev–Trinajstić information content (AvgIpc) is 3.18. The second-order valence-corrected chi connectivity index (χ2v) is 9.16. The highest BCUT2D eigenvalue weighted by Gasteiger charge is 2.31.